The van der Waals surface area contributed by atoms with Gasteiger partial charge in [-0.15, -0.1) is 0 Å². The molecule has 2 amide bonds. The molecule has 0 bridgehead atoms. The molecule has 0 saturated heterocycles. The Labute approximate surface area is 80.1 Å². The van der Waals surface area contributed by atoms with Gasteiger partial charge in [-0.05, 0) is 23.8 Å². The van der Waals surface area contributed by atoms with E-state index in [9.17, 15) is 14.0 Å². The summed E-state index contributed by atoms with van der Waals surface area (Å²) < 4.78 is 12.8. The highest BCUT2D eigenvalue weighted by Crippen LogP contribution is 2.19. The van der Waals surface area contributed by atoms with Gasteiger partial charge in [-0.2, -0.15) is 0 Å². The average Bonchev–Trinajstić information content (AvgIpc) is 2.14. The third-order valence-electron chi connectivity index (χ3n) is 2.32. The Morgan fingerprint density at radius 1 is 1.36 bits per heavy atom. The number of rotatable bonds is 0. The number of amides is 2. The lowest BCUT2D eigenvalue weighted by Gasteiger charge is -2.22. The van der Waals surface area contributed by atoms with Crippen molar-refractivity contribution in [1.82, 2.24) is 4.90 Å². The van der Waals surface area contributed by atoms with Crippen molar-refractivity contribution in [1.29, 1.82) is 0 Å². The van der Waals surface area contributed by atoms with Gasteiger partial charge in [0.15, 0.2) is 0 Å². The number of imide groups is 1. The van der Waals surface area contributed by atoms with E-state index in [1.54, 1.807) is 0 Å². The van der Waals surface area contributed by atoms with Gasteiger partial charge in [0.1, 0.15) is 5.82 Å². The fraction of sp³-hybridized carbons (Fsp3) is 0.200. The van der Waals surface area contributed by atoms with Crippen LogP contribution < -0.4 is 0 Å². The van der Waals surface area contributed by atoms with Crippen LogP contribution in [0.2, 0.25) is 0 Å². The second-order valence-corrected chi connectivity index (χ2v) is 3.24. The Kier molecular flexibility index (Phi) is 1.84. The van der Waals surface area contributed by atoms with E-state index < -0.39 is 5.82 Å². The predicted molar refractivity (Wildman–Crippen MR) is 47.2 cm³/mol. The van der Waals surface area contributed by atoms with Gasteiger partial charge in [-0.3, -0.25) is 14.5 Å². The molecule has 0 saturated carbocycles. The summed E-state index contributed by atoms with van der Waals surface area (Å²) in [5, 5.41) is 0. The molecule has 0 atom stereocenters. The minimum absolute atomic E-state index is 0.0926. The molecule has 0 unspecified atom stereocenters. The van der Waals surface area contributed by atoms with Crippen LogP contribution in [0.3, 0.4) is 0 Å². The summed E-state index contributed by atoms with van der Waals surface area (Å²) in [5.41, 5.74) is 0.881. The Balaban J connectivity index is 2.56. The van der Waals surface area contributed by atoms with Crippen LogP contribution in [0.15, 0.2) is 18.2 Å². The number of halogens is 1. The molecule has 0 fully saturated rings. The Bertz CT molecular complexity index is 428. The number of hydrogen-bond acceptors (Lipinski definition) is 2. The summed E-state index contributed by atoms with van der Waals surface area (Å²) in [6.07, 6.45) is 0.0926. The van der Waals surface area contributed by atoms with Crippen LogP contribution in [-0.2, 0) is 11.2 Å². The van der Waals surface area contributed by atoms with Crippen LogP contribution in [-0.4, -0.2) is 23.8 Å². The first kappa shape index (κ1) is 8.87. The van der Waals surface area contributed by atoms with Gasteiger partial charge in [0.25, 0.3) is 5.91 Å². The minimum atomic E-state index is -0.422. The maximum Gasteiger partial charge on any atom is 0.260 e. The minimum Gasteiger partial charge on any atom is -0.281 e. The van der Waals surface area contributed by atoms with E-state index in [2.05, 4.69) is 0 Å². The second kappa shape index (κ2) is 2.90. The van der Waals surface area contributed by atoms with Crippen LogP contribution in [0.4, 0.5) is 4.39 Å². The average molecular weight is 193 g/mol. The maximum atomic E-state index is 12.8. The molecule has 72 valence electrons. The van der Waals surface area contributed by atoms with Crippen LogP contribution in [0.25, 0.3) is 0 Å². The zero-order chi connectivity index (χ0) is 10.3. The molecule has 4 heteroatoms. The molecule has 0 aliphatic carbocycles. The van der Waals surface area contributed by atoms with Gasteiger partial charge in [0.05, 0.1) is 6.42 Å². The third-order valence-corrected chi connectivity index (χ3v) is 2.32. The monoisotopic (exact) mass is 193 g/mol. The first-order valence-corrected chi connectivity index (χ1v) is 4.19. The van der Waals surface area contributed by atoms with Gasteiger partial charge in [-0.25, -0.2) is 4.39 Å². The van der Waals surface area contributed by atoms with E-state index in [1.807, 2.05) is 0 Å². The van der Waals surface area contributed by atoms with Crippen LogP contribution in [0.1, 0.15) is 15.9 Å². The Morgan fingerprint density at radius 3 is 2.79 bits per heavy atom. The Hall–Kier alpha value is -1.71. The molecule has 0 radical (unpaired) electrons. The highest BCUT2D eigenvalue weighted by atomic mass is 19.1. The number of hydrogen-bond donors (Lipinski definition) is 0. The highest BCUT2D eigenvalue weighted by Gasteiger charge is 2.27. The lowest BCUT2D eigenvalue weighted by atomic mass is 9.99. The van der Waals surface area contributed by atoms with Gasteiger partial charge in [-0.1, -0.05) is 0 Å². The Morgan fingerprint density at radius 2 is 2.07 bits per heavy atom. The summed E-state index contributed by atoms with van der Waals surface area (Å²) in [6.45, 7) is 0. The SMILES string of the molecule is CN1C(=O)Cc2cc(F)ccc2C1=O. The summed E-state index contributed by atoms with van der Waals surface area (Å²) in [4.78, 5) is 23.8. The molecular weight excluding hydrogens is 185 g/mol. The van der Waals surface area contributed by atoms with Gasteiger partial charge >= 0.3 is 0 Å². The highest BCUT2D eigenvalue weighted by molar-refractivity contribution is 6.09. The molecule has 0 aromatic heterocycles. The molecule has 0 N–H and O–H groups in total. The number of benzene rings is 1. The van der Waals surface area contributed by atoms with Crippen molar-refractivity contribution in [2.75, 3.05) is 7.05 Å². The lowest BCUT2D eigenvalue weighted by molar-refractivity contribution is -0.127. The fourth-order valence-electron chi connectivity index (χ4n) is 1.49. The van der Waals surface area contributed by atoms with Gasteiger partial charge < -0.3 is 0 Å². The van der Waals surface area contributed by atoms with Crippen molar-refractivity contribution >= 4 is 11.8 Å². The largest absolute Gasteiger partial charge is 0.281 e. The maximum absolute atomic E-state index is 12.8. The summed E-state index contributed by atoms with van der Waals surface area (Å²) in [5.74, 6) is -1.08. The molecule has 14 heavy (non-hydrogen) atoms. The first-order chi connectivity index (χ1) is 6.59. The second-order valence-electron chi connectivity index (χ2n) is 3.24. The molecule has 1 aliphatic heterocycles. The van der Waals surface area contributed by atoms with Gasteiger partial charge in [0, 0.05) is 12.6 Å². The molecule has 1 aromatic carbocycles. The van der Waals surface area contributed by atoms with Crippen molar-refractivity contribution < 1.29 is 14.0 Å². The summed E-state index contributed by atoms with van der Waals surface area (Å²) in [6, 6.07) is 3.87. The normalized spacial score (nSPS) is 15.7. The van der Waals surface area contributed by atoms with Crippen molar-refractivity contribution in [2.45, 2.75) is 6.42 Å². The molecular formula is C10H8FNO2. The number of carbonyl (C=O) groups excluding carboxylic acids is 2. The van der Waals surface area contributed by atoms with E-state index in [-0.39, 0.29) is 18.2 Å². The topological polar surface area (TPSA) is 37.4 Å². The van der Waals surface area contributed by atoms with Crippen molar-refractivity contribution in [3.05, 3.63) is 35.1 Å². The molecule has 3 nitrogen and oxygen atoms in total. The zero-order valence-corrected chi connectivity index (χ0v) is 7.58. The number of nitrogens with zero attached hydrogens (tertiary/aromatic N) is 1. The van der Waals surface area contributed by atoms with E-state index in [1.165, 1.54) is 25.2 Å². The van der Waals surface area contributed by atoms with E-state index in [0.29, 0.717) is 11.1 Å². The molecule has 2 rings (SSSR count). The van der Waals surface area contributed by atoms with Crippen molar-refractivity contribution in [2.24, 2.45) is 0 Å². The van der Waals surface area contributed by atoms with Gasteiger partial charge in [0.2, 0.25) is 5.91 Å². The number of fused-ring (bicyclic) bond motifs is 1. The van der Waals surface area contributed by atoms with Crippen LogP contribution in [0.5, 0.6) is 0 Å². The predicted octanol–water partition coefficient (Wildman–Crippen LogP) is 0.980. The lowest BCUT2D eigenvalue weighted by Crippen LogP contribution is -2.39. The molecule has 1 heterocycles. The third kappa shape index (κ3) is 1.19. The van der Waals surface area contributed by atoms with E-state index >= 15 is 0 Å². The van der Waals surface area contributed by atoms with Crippen LogP contribution >= 0.6 is 0 Å². The summed E-state index contributed by atoms with van der Waals surface area (Å²) >= 11 is 0. The number of carbonyl (C=O) groups is 2. The van der Waals surface area contributed by atoms with E-state index in [0.717, 1.165) is 4.90 Å². The fourth-order valence-corrected chi connectivity index (χ4v) is 1.49. The van der Waals surface area contributed by atoms with Crippen molar-refractivity contribution in [3.8, 4) is 0 Å². The molecule has 1 aliphatic rings. The van der Waals surface area contributed by atoms with E-state index in [4.69, 9.17) is 0 Å². The standard InChI is InChI=1S/C10H8FNO2/c1-12-9(13)5-6-4-7(11)2-3-8(6)10(12)14/h2-4H,5H2,1H3. The zero-order valence-electron chi connectivity index (χ0n) is 7.58. The molecule has 1 aromatic rings. The number of likely N-dealkylation sites (N-methyl/N-ethyl adjacent to an activating group) is 1. The first-order valence-electron chi connectivity index (χ1n) is 4.19. The molecule has 0 spiro atoms. The van der Waals surface area contributed by atoms with Crippen LogP contribution in [0, 0.1) is 5.82 Å². The smallest absolute Gasteiger partial charge is 0.260 e. The quantitative estimate of drug-likeness (QED) is 0.576. The summed E-state index contributed by atoms with van der Waals surface area (Å²) in [7, 11) is 1.43. The van der Waals surface area contributed by atoms with Crippen molar-refractivity contribution in [3.63, 3.8) is 0 Å².